The van der Waals surface area contributed by atoms with Gasteiger partial charge < -0.3 is 15.0 Å². The minimum atomic E-state index is -0.0198. The van der Waals surface area contributed by atoms with Crippen molar-refractivity contribution in [2.45, 2.75) is 19.3 Å². The summed E-state index contributed by atoms with van der Waals surface area (Å²) >= 11 is 0. The molecule has 6 heteroatoms. The van der Waals surface area contributed by atoms with Crippen LogP contribution in [0.15, 0.2) is 60.7 Å². The van der Waals surface area contributed by atoms with Gasteiger partial charge in [0.15, 0.2) is 0 Å². The molecule has 0 aromatic heterocycles. The Morgan fingerprint density at radius 1 is 0.867 bits per heavy atom. The van der Waals surface area contributed by atoms with Gasteiger partial charge in [0.05, 0.1) is 13.2 Å². The number of anilines is 1. The van der Waals surface area contributed by atoms with Gasteiger partial charge in [-0.05, 0) is 30.5 Å². The van der Waals surface area contributed by atoms with Crippen molar-refractivity contribution in [1.82, 2.24) is 9.80 Å². The number of amides is 2. The molecule has 1 aliphatic rings. The van der Waals surface area contributed by atoms with Gasteiger partial charge in [-0.2, -0.15) is 0 Å². The van der Waals surface area contributed by atoms with E-state index in [1.165, 1.54) is 5.56 Å². The molecule has 160 valence electrons. The maximum absolute atomic E-state index is 12.4. The SMILES string of the molecule is O=C(CN1CCN(C(=O)CCCOCCc2ccccc2)CC1)Nc1ccccc1. The number of carbonyl (C=O) groups excluding carboxylic acids is 2. The summed E-state index contributed by atoms with van der Waals surface area (Å²) < 4.78 is 5.66. The summed E-state index contributed by atoms with van der Waals surface area (Å²) in [6.45, 7) is 4.44. The second-order valence-corrected chi connectivity index (χ2v) is 7.52. The standard InChI is InChI=1S/C24H31N3O3/c28-23(25-22-10-5-2-6-11-22)20-26-14-16-27(17-15-26)24(29)12-7-18-30-19-13-21-8-3-1-4-9-21/h1-6,8-11H,7,12-20H2,(H,25,28). The lowest BCUT2D eigenvalue weighted by Gasteiger charge is -2.34. The highest BCUT2D eigenvalue weighted by Gasteiger charge is 2.22. The molecule has 30 heavy (non-hydrogen) atoms. The van der Waals surface area contributed by atoms with Gasteiger partial charge in [-0.25, -0.2) is 0 Å². The largest absolute Gasteiger partial charge is 0.381 e. The third-order valence-electron chi connectivity index (χ3n) is 5.21. The fraction of sp³-hybridized carbons (Fsp3) is 0.417. The Bertz CT molecular complexity index is 775. The molecule has 1 aliphatic heterocycles. The van der Waals surface area contributed by atoms with Gasteiger partial charge in [0.1, 0.15) is 0 Å². The number of benzene rings is 2. The molecule has 0 spiro atoms. The Kier molecular flexibility index (Phi) is 8.87. The van der Waals surface area contributed by atoms with Crippen molar-refractivity contribution < 1.29 is 14.3 Å². The summed E-state index contributed by atoms with van der Waals surface area (Å²) in [5, 5.41) is 2.90. The van der Waals surface area contributed by atoms with E-state index in [1.807, 2.05) is 53.4 Å². The number of nitrogens with zero attached hydrogens (tertiary/aromatic N) is 2. The van der Waals surface area contributed by atoms with Crippen molar-refractivity contribution in [2.75, 3.05) is 51.3 Å². The van der Waals surface area contributed by atoms with Crippen LogP contribution < -0.4 is 5.32 Å². The number of nitrogens with one attached hydrogen (secondary N) is 1. The Hall–Kier alpha value is -2.70. The van der Waals surface area contributed by atoms with E-state index in [9.17, 15) is 9.59 Å². The second-order valence-electron chi connectivity index (χ2n) is 7.52. The van der Waals surface area contributed by atoms with Crippen molar-refractivity contribution >= 4 is 17.5 Å². The molecule has 2 amide bonds. The molecule has 2 aromatic carbocycles. The lowest BCUT2D eigenvalue weighted by molar-refractivity contribution is -0.133. The maximum atomic E-state index is 12.4. The summed E-state index contributed by atoms with van der Waals surface area (Å²) in [5.74, 6) is 0.156. The molecule has 1 fully saturated rings. The van der Waals surface area contributed by atoms with Crippen LogP contribution in [0.5, 0.6) is 0 Å². The molecule has 2 aromatic rings. The number of carbonyl (C=O) groups is 2. The summed E-state index contributed by atoms with van der Waals surface area (Å²) in [4.78, 5) is 28.6. The number of hydrogen-bond acceptors (Lipinski definition) is 4. The predicted molar refractivity (Wildman–Crippen MR) is 118 cm³/mol. The van der Waals surface area contributed by atoms with Crippen LogP contribution >= 0.6 is 0 Å². The van der Waals surface area contributed by atoms with Crippen LogP contribution in [-0.4, -0.2) is 67.6 Å². The summed E-state index contributed by atoms with van der Waals surface area (Å²) in [5.41, 5.74) is 2.08. The van der Waals surface area contributed by atoms with E-state index in [4.69, 9.17) is 4.74 Å². The predicted octanol–water partition coefficient (Wildman–Crippen LogP) is 2.81. The third kappa shape index (κ3) is 7.61. The zero-order valence-corrected chi connectivity index (χ0v) is 17.5. The Morgan fingerprint density at radius 3 is 2.23 bits per heavy atom. The molecule has 1 saturated heterocycles. The molecule has 0 saturated carbocycles. The zero-order chi connectivity index (χ0) is 21.0. The molecule has 0 aliphatic carbocycles. The van der Waals surface area contributed by atoms with Gasteiger partial charge in [0, 0.05) is 44.9 Å². The Morgan fingerprint density at radius 2 is 1.53 bits per heavy atom. The molecule has 0 bridgehead atoms. The van der Waals surface area contributed by atoms with Crippen molar-refractivity contribution in [2.24, 2.45) is 0 Å². The summed E-state index contributed by atoms with van der Waals surface area (Å²) in [6, 6.07) is 19.7. The average Bonchev–Trinajstić information content (AvgIpc) is 2.78. The van der Waals surface area contributed by atoms with Gasteiger partial charge in [0.2, 0.25) is 11.8 Å². The van der Waals surface area contributed by atoms with Crippen LogP contribution in [0.2, 0.25) is 0 Å². The van der Waals surface area contributed by atoms with Gasteiger partial charge in [-0.1, -0.05) is 48.5 Å². The zero-order valence-electron chi connectivity index (χ0n) is 17.5. The minimum Gasteiger partial charge on any atom is -0.381 e. The summed E-state index contributed by atoms with van der Waals surface area (Å²) in [6.07, 6.45) is 2.15. The van der Waals surface area contributed by atoms with E-state index >= 15 is 0 Å². The third-order valence-corrected chi connectivity index (χ3v) is 5.21. The fourth-order valence-corrected chi connectivity index (χ4v) is 3.50. The van der Waals surface area contributed by atoms with Crippen molar-refractivity contribution in [3.63, 3.8) is 0 Å². The van der Waals surface area contributed by atoms with E-state index in [0.29, 0.717) is 39.3 Å². The van der Waals surface area contributed by atoms with Gasteiger partial charge >= 0.3 is 0 Å². The second kappa shape index (κ2) is 12.1. The molecule has 1 N–H and O–H groups in total. The van der Waals surface area contributed by atoms with Crippen LogP contribution in [0, 0.1) is 0 Å². The van der Waals surface area contributed by atoms with Crippen LogP contribution in [-0.2, 0) is 20.7 Å². The van der Waals surface area contributed by atoms with Crippen molar-refractivity contribution in [3.8, 4) is 0 Å². The van der Waals surface area contributed by atoms with E-state index < -0.39 is 0 Å². The maximum Gasteiger partial charge on any atom is 0.238 e. The van der Waals surface area contributed by atoms with Crippen LogP contribution in [0.4, 0.5) is 5.69 Å². The minimum absolute atomic E-state index is 0.0198. The summed E-state index contributed by atoms with van der Waals surface area (Å²) in [7, 11) is 0. The van der Waals surface area contributed by atoms with Crippen molar-refractivity contribution in [3.05, 3.63) is 66.2 Å². The van der Waals surface area contributed by atoms with Crippen LogP contribution in [0.25, 0.3) is 0 Å². The van der Waals surface area contributed by atoms with Crippen molar-refractivity contribution in [1.29, 1.82) is 0 Å². The van der Waals surface area contributed by atoms with Crippen LogP contribution in [0.1, 0.15) is 18.4 Å². The first-order valence-corrected chi connectivity index (χ1v) is 10.7. The molecule has 0 unspecified atom stereocenters. The monoisotopic (exact) mass is 409 g/mol. The highest BCUT2D eigenvalue weighted by molar-refractivity contribution is 5.92. The highest BCUT2D eigenvalue weighted by atomic mass is 16.5. The molecule has 0 radical (unpaired) electrons. The van der Waals surface area contributed by atoms with Gasteiger partial charge in [-0.15, -0.1) is 0 Å². The van der Waals surface area contributed by atoms with Crippen LogP contribution in [0.3, 0.4) is 0 Å². The van der Waals surface area contributed by atoms with E-state index in [2.05, 4.69) is 22.3 Å². The lowest BCUT2D eigenvalue weighted by Crippen LogP contribution is -2.50. The number of rotatable bonds is 10. The van der Waals surface area contributed by atoms with E-state index in [0.717, 1.165) is 31.6 Å². The lowest BCUT2D eigenvalue weighted by atomic mass is 10.2. The number of para-hydroxylation sites is 1. The number of hydrogen-bond donors (Lipinski definition) is 1. The number of ether oxygens (including phenoxy) is 1. The average molecular weight is 410 g/mol. The van der Waals surface area contributed by atoms with E-state index in [-0.39, 0.29) is 11.8 Å². The molecule has 0 atom stereocenters. The fourth-order valence-electron chi connectivity index (χ4n) is 3.50. The molecular weight excluding hydrogens is 378 g/mol. The first kappa shape index (κ1) is 22.0. The Labute approximate surface area is 178 Å². The first-order chi connectivity index (χ1) is 14.7. The van der Waals surface area contributed by atoms with E-state index in [1.54, 1.807) is 0 Å². The normalized spacial score (nSPS) is 14.5. The molecular formula is C24H31N3O3. The molecule has 6 nitrogen and oxygen atoms in total. The topological polar surface area (TPSA) is 61.9 Å². The molecule has 1 heterocycles. The van der Waals surface area contributed by atoms with Gasteiger partial charge in [-0.3, -0.25) is 14.5 Å². The Balaban J connectivity index is 1.24. The smallest absolute Gasteiger partial charge is 0.238 e. The first-order valence-electron chi connectivity index (χ1n) is 10.7. The number of piperazine rings is 1. The highest BCUT2D eigenvalue weighted by Crippen LogP contribution is 2.08. The van der Waals surface area contributed by atoms with Gasteiger partial charge in [0.25, 0.3) is 0 Å². The molecule has 3 rings (SSSR count). The quantitative estimate of drug-likeness (QED) is 0.613.